The Morgan fingerprint density at radius 1 is 1.31 bits per heavy atom. The molecule has 0 saturated carbocycles. The van der Waals surface area contributed by atoms with E-state index in [1.165, 1.54) is 4.52 Å². The Labute approximate surface area is 150 Å². The number of carbonyl (C=O) groups is 1. The topological polar surface area (TPSA) is 88.3 Å². The van der Waals surface area contributed by atoms with Crippen LogP contribution in [-0.4, -0.2) is 41.7 Å². The normalized spacial score (nSPS) is 17.8. The van der Waals surface area contributed by atoms with E-state index in [0.29, 0.717) is 23.3 Å². The van der Waals surface area contributed by atoms with Gasteiger partial charge in [0.15, 0.2) is 5.65 Å². The first kappa shape index (κ1) is 16.6. The van der Waals surface area contributed by atoms with Crippen molar-refractivity contribution in [1.29, 1.82) is 0 Å². The summed E-state index contributed by atoms with van der Waals surface area (Å²) in [7, 11) is 1.80. The number of nitrogens with one attached hydrogen (secondary N) is 1. The Morgan fingerprint density at radius 3 is 2.85 bits per heavy atom. The van der Waals surface area contributed by atoms with Crippen LogP contribution in [0, 0.1) is 13.8 Å². The van der Waals surface area contributed by atoms with E-state index in [1.807, 2.05) is 17.9 Å². The van der Waals surface area contributed by atoms with Crippen molar-refractivity contribution in [2.45, 2.75) is 39.2 Å². The number of aryl methyl sites for hydroxylation is 2. The summed E-state index contributed by atoms with van der Waals surface area (Å²) in [6, 6.07) is 1.78. The van der Waals surface area contributed by atoms with Crippen molar-refractivity contribution in [2.75, 3.05) is 6.54 Å². The predicted octanol–water partition coefficient (Wildman–Crippen LogP) is 1.74. The highest BCUT2D eigenvalue weighted by atomic mass is 16.2. The molecular weight excluding hydrogens is 332 g/mol. The number of hydrogen-bond donors (Lipinski definition) is 1. The van der Waals surface area contributed by atoms with Gasteiger partial charge >= 0.3 is 0 Å². The number of nitrogens with zero attached hydrogens (tertiary/aromatic N) is 5. The second kappa shape index (κ2) is 6.12. The number of rotatable bonds is 2. The first-order valence-electron chi connectivity index (χ1n) is 8.84. The van der Waals surface area contributed by atoms with Gasteiger partial charge in [-0.1, -0.05) is 0 Å². The van der Waals surface area contributed by atoms with Gasteiger partial charge in [-0.15, -0.1) is 0 Å². The Kier molecular flexibility index (Phi) is 3.90. The maximum absolute atomic E-state index is 13.0. The number of amides is 1. The number of aromatic amines is 1. The lowest BCUT2D eigenvalue weighted by Crippen LogP contribution is -2.38. The molecule has 0 spiro atoms. The Bertz CT molecular complexity index is 1040. The average molecular weight is 354 g/mol. The van der Waals surface area contributed by atoms with Crippen LogP contribution in [0.2, 0.25) is 0 Å². The monoisotopic (exact) mass is 354 g/mol. The van der Waals surface area contributed by atoms with E-state index in [-0.39, 0.29) is 17.5 Å². The largest absolute Gasteiger partial charge is 0.330 e. The summed E-state index contributed by atoms with van der Waals surface area (Å²) in [6.45, 7) is 4.30. The molecule has 1 atom stereocenters. The Balaban J connectivity index is 1.75. The SMILES string of the molecule is Cc1nc2cc([C@@H]3CCCCN3C(=O)c3cnn(C)c3)[nH]n2c(=O)c1C. The van der Waals surface area contributed by atoms with Gasteiger partial charge in [-0.05, 0) is 33.1 Å². The first-order chi connectivity index (χ1) is 12.5. The molecule has 0 unspecified atom stereocenters. The third-order valence-electron chi connectivity index (χ3n) is 5.18. The van der Waals surface area contributed by atoms with Crippen molar-refractivity contribution in [1.82, 2.24) is 29.3 Å². The number of aromatic nitrogens is 5. The molecule has 1 aliphatic heterocycles. The maximum Gasteiger partial charge on any atom is 0.275 e. The molecule has 0 aromatic carbocycles. The molecule has 4 rings (SSSR count). The fourth-order valence-corrected chi connectivity index (χ4v) is 3.60. The second-order valence-corrected chi connectivity index (χ2v) is 6.95. The summed E-state index contributed by atoms with van der Waals surface area (Å²) in [5.74, 6) is -0.0332. The van der Waals surface area contributed by atoms with Crippen LogP contribution < -0.4 is 5.56 Å². The maximum atomic E-state index is 13.0. The number of carbonyl (C=O) groups excluding carboxylic acids is 1. The van der Waals surface area contributed by atoms with Crippen LogP contribution in [0.25, 0.3) is 5.65 Å². The molecule has 1 fully saturated rings. The molecule has 0 bridgehead atoms. The van der Waals surface area contributed by atoms with Crippen LogP contribution >= 0.6 is 0 Å². The van der Waals surface area contributed by atoms with E-state index in [0.717, 1.165) is 30.7 Å². The molecule has 136 valence electrons. The zero-order valence-electron chi connectivity index (χ0n) is 15.2. The fourth-order valence-electron chi connectivity index (χ4n) is 3.60. The quantitative estimate of drug-likeness (QED) is 0.759. The summed E-state index contributed by atoms with van der Waals surface area (Å²) in [6.07, 6.45) is 6.19. The van der Waals surface area contributed by atoms with Gasteiger partial charge in [0.2, 0.25) is 0 Å². The molecule has 4 heterocycles. The van der Waals surface area contributed by atoms with Gasteiger partial charge in [-0.2, -0.15) is 5.10 Å². The van der Waals surface area contributed by atoms with Crippen LogP contribution in [-0.2, 0) is 7.05 Å². The molecule has 8 nitrogen and oxygen atoms in total. The highest BCUT2D eigenvalue weighted by Crippen LogP contribution is 2.31. The van der Waals surface area contributed by atoms with Crippen LogP contribution in [0.5, 0.6) is 0 Å². The average Bonchev–Trinajstić information content (AvgIpc) is 3.25. The van der Waals surface area contributed by atoms with Crippen LogP contribution in [0.1, 0.15) is 52.6 Å². The first-order valence-corrected chi connectivity index (χ1v) is 8.84. The second-order valence-electron chi connectivity index (χ2n) is 6.95. The smallest absolute Gasteiger partial charge is 0.275 e. The Morgan fingerprint density at radius 2 is 2.12 bits per heavy atom. The standard InChI is InChI=1S/C18H22N6O2/c1-11-12(2)20-16-8-14(21-24(16)17(11)25)15-6-4-5-7-23(15)18(26)13-9-19-22(3)10-13/h8-10,15,21H,4-7H2,1-3H3/t15-/m0/s1. The summed E-state index contributed by atoms with van der Waals surface area (Å²) >= 11 is 0. The molecule has 8 heteroatoms. The minimum Gasteiger partial charge on any atom is -0.330 e. The van der Waals surface area contributed by atoms with E-state index in [2.05, 4.69) is 15.2 Å². The highest BCUT2D eigenvalue weighted by molar-refractivity contribution is 5.94. The van der Waals surface area contributed by atoms with Crippen molar-refractivity contribution < 1.29 is 4.79 Å². The van der Waals surface area contributed by atoms with Crippen molar-refractivity contribution in [2.24, 2.45) is 7.05 Å². The lowest BCUT2D eigenvalue weighted by molar-refractivity contribution is 0.0605. The van der Waals surface area contributed by atoms with Crippen molar-refractivity contribution in [3.05, 3.63) is 51.3 Å². The molecule has 1 amide bonds. The van der Waals surface area contributed by atoms with Gasteiger partial charge in [0.1, 0.15) is 0 Å². The zero-order valence-corrected chi connectivity index (χ0v) is 15.2. The van der Waals surface area contributed by atoms with Gasteiger partial charge in [-0.3, -0.25) is 19.4 Å². The summed E-state index contributed by atoms with van der Waals surface area (Å²) in [5, 5.41) is 7.27. The number of hydrogen-bond acceptors (Lipinski definition) is 4. The van der Waals surface area contributed by atoms with Gasteiger partial charge in [0.05, 0.1) is 23.5 Å². The van der Waals surface area contributed by atoms with E-state index >= 15 is 0 Å². The van der Waals surface area contributed by atoms with Gasteiger partial charge in [0.25, 0.3) is 11.5 Å². The molecule has 3 aromatic heterocycles. The lowest BCUT2D eigenvalue weighted by Gasteiger charge is -2.34. The van der Waals surface area contributed by atoms with Crippen LogP contribution in [0.15, 0.2) is 23.3 Å². The van der Waals surface area contributed by atoms with Gasteiger partial charge in [-0.25, -0.2) is 9.50 Å². The van der Waals surface area contributed by atoms with Crippen molar-refractivity contribution in [3.63, 3.8) is 0 Å². The fraction of sp³-hybridized carbons (Fsp3) is 0.444. The molecule has 0 aliphatic carbocycles. The molecule has 3 aromatic rings. The molecular formula is C18H22N6O2. The minimum atomic E-state index is -0.0989. The van der Waals surface area contributed by atoms with Crippen LogP contribution in [0.4, 0.5) is 0 Å². The predicted molar refractivity (Wildman–Crippen MR) is 96.1 cm³/mol. The highest BCUT2D eigenvalue weighted by Gasteiger charge is 2.30. The number of fused-ring (bicyclic) bond motifs is 1. The van der Waals surface area contributed by atoms with E-state index in [1.54, 1.807) is 31.0 Å². The van der Waals surface area contributed by atoms with E-state index in [9.17, 15) is 9.59 Å². The molecule has 1 N–H and O–H groups in total. The summed E-state index contributed by atoms with van der Waals surface area (Å²) < 4.78 is 3.10. The summed E-state index contributed by atoms with van der Waals surface area (Å²) in [4.78, 5) is 31.8. The third-order valence-corrected chi connectivity index (χ3v) is 5.18. The third kappa shape index (κ3) is 2.61. The van der Waals surface area contributed by atoms with Gasteiger partial charge in [0, 0.05) is 37.1 Å². The van der Waals surface area contributed by atoms with Crippen LogP contribution in [0.3, 0.4) is 0 Å². The zero-order chi connectivity index (χ0) is 18.4. The van der Waals surface area contributed by atoms with Gasteiger partial charge < -0.3 is 4.90 Å². The molecule has 0 radical (unpaired) electrons. The number of H-pyrrole nitrogens is 1. The Hall–Kier alpha value is -2.90. The van der Waals surface area contributed by atoms with Crippen molar-refractivity contribution in [3.8, 4) is 0 Å². The van der Waals surface area contributed by atoms with E-state index < -0.39 is 0 Å². The minimum absolute atomic E-state index is 0.0332. The lowest BCUT2D eigenvalue weighted by atomic mass is 9.98. The summed E-state index contributed by atoms with van der Waals surface area (Å²) in [5.41, 5.74) is 3.27. The molecule has 1 saturated heterocycles. The number of piperidine rings is 1. The van der Waals surface area contributed by atoms with E-state index in [4.69, 9.17) is 0 Å². The molecule has 1 aliphatic rings. The molecule has 26 heavy (non-hydrogen) atoms. The number of likely N-dealkylation sites (tertiary alicyclic amines) is 1. The van der Waals surface area contributed by atoms with Crippen molar-refractivity contribution >= 4 is 11.6 Å².